The van der Waals surface area contributed by atoms with Crippen LogP contribution in [0.2, 0.25) is 5.02 Å². The highest BCUT2D eigenvalue weighted by Crippen LogP contribution is 2.40. The van der Waals surface area contributed by atoms with Gasteiger partial charge in [0.25, 0.3) is 10.0 Å². The second kappa shape index (κ2) is 6.69. The predicted octanol–water partition coefficient (Wildman–Crippen LogP) is 5.29. The number of nitrogens with zero attached hydrogens (tertiary/aromatic N) is 1. The van der Waals surface area contributed by atoms with E-state index >= 15 is 0 Å². The number of anilines is 1. The molecular weight excluding hydrogens is 384 g/mol. The quantitative estimate of drug-likeness (QED) is 0.629. The lowest BCUT2D eigenvalue weighted by Crippen LogP contribution is -2.15. The molecule has 0 atom stereocenters. The van der Waals surface area contributed by atoms with Gasteiger partial charge < -0.3 is 4.42 Å². The highest BCUT2D eigenvalue weighted by Gasteiger charge is 2.29. The summed E-state index contributed by atoms with van der Waals surface area (Å²) in [7, 11) is -3.76. The second-order valence-corrected chi connectivity index (χ2v) is 8.97. The SMILES string of the molecule is Cc1cc(Cl)ccc1NS(=O)(=O)c1cc(-c2cnc(C3CC3)o2)ccc1C. The molecule has 0 amide bonds. The molecule has 1 saturated carbocycles. The summed E-state index contributed by atoms with van der Waals surface area (Å²) in [5, 5.41) is 0.561. The van der Waals surface area contributed by atoms with Crippen LogP contribution in [-0.4, -0.2) is 13.4 Å². The largest absolute Gasteiger partial charge is 0.440 e. The molecule has 0 radical (unpaired) electrons. The molecule has 27 heavy (non-hydrogen) atoms. The fraction of sp³-hybridized carbons (Fsp3) is 0.250. The highest BCUT2D eigenvalue weighted by atomic mass is 35.5. The fourth-order valence-electron chi connectivity index (χ4n) is 2.92. The van der Waals surface area contributed by atoms with E-state index in [1.54, 1.807) is 50.4 Å². The van der Waals surface area contributed by atoms with Gasteiger partial charge in [0.05, 0.1) is 16.8 Å². The van der Waals surface area contributed by atoms with Gasteiger partial charge in [-0.1, -0.05) is 23.7 Å². The Morgan fingerprint density at radius 2 is 1.89 bits per heavy atom. The number of oxazole rings is 1. The Kier molecular flexibility index (Phi) is 4.48. The van der Waals surface area contributed by atoms with Crippen LogP contribution in [-0.2, 0) is 10.0 Å². The molecular formula is C20H19ClN2O3S. The van der Waals surface area contributed by atoms with E-state index in [1.165, 1.54) is 0 Å². The molecule has 2 aromatic carbocycles. The van der Waals surface area contributed by atoms with Gasteiger partial charge in [0.2, 0.25) is 0 Å². The van der Waals surface area contributed by atoms with Crippen LogP contribution < -0.4 is 4.72 Å². The lowest BCUT2D eigenvalue weighted by atomic mass is 10.1. The Hall–Kier alpha value is -2.31. The average molecular weight is 403 g/mol. The van der Waals surface area contributed by atoms with Crippen LogP contribution in [0.4, 0.5) is 5.69 Å². The predicted molar refractivity (Wildman–Crippen MR) is 106 cm³/mol. The molecule has 1 heterocycles. The molecule has 7 heteroatoms. The van der Waals surface area contributed by atoms with Crippen LogP contribution in [0.3, 0.4) is 0 Å². The van der Waals surface area contributed by atoms with Crippen molar-refractivity contribution in [2.45, 2.75) is 37.5 Å². The highest BCUT2D eigenvalue weighted by molar-refractivity contribution is 7.92. The van der Waals surface area contributed by atoms with Gasteiger partial charge in [0.15, 0.2) is 11.7 Å². The van der Waals surface area contributed by atoms with Crippen molar-refractivity contribution in [3.63, 3.8) is 0 Å². The summed E-state index contributed by atoms with van der Waals surface area (Å²) in [6, 6.07) is 10.3. The van der Waals surface area contributed by atoms with Crippen molar-refractivity contribution in [3.05, 3.63) is 64.6 Å². The number of nitrogens with one attached hydrogen (secondary N) is 1. The van der Waals surface area contributed by atoms with Crippen molar-refractivity contribution < 1.29 is 12.8 Å². The van der Waals surface area contributed by atoms with Gasteiger partial charge in [-0.05, 0) is 62.1 Å². The number of rotatable bonds is 5. The first-order valence-corrected chi connectivity index (χ1v) is 10.6. The number of aryl methyl sites for hydroxylation is 2. The summed E-state index contributed by atoms with van der Waals surface area (Å²) in [4.78, 5) is 4.52. The Morgan fingerprint density at radius 1 is 1.11 bits per heavy atom. The van der Waals surface area contributed by atoms with Crippen LogP contribution in [0.25, 0.3) is 11.3 Å². The average Bonchev–Trinajstić information content (AvgIpc) is 3.35. The molecule has 0 bridgehead atoms. The van der Waals surface area contributed by atoms with Gasteiger partial charge in [-0.15, -0.1) is 0 Å². The maximum Gasteiger partial charge on any atom is 0.262 e. The molecule has 0 spiro atoms. The number of halogens is 1. The molecule has 1 aromatic heterocycles. The normalized spacial score (nSPS) is 14.3. The monoisotopic (exact) mass is 402 g/mol. The molecule has 0 aliphatic heterocycles. The summed E-state index contributed by atoms with van der Waals surface area (Å²) in [6.45, 7) is 3.57. The standard InChI is InChI=1S/C20H19ClN2O3S/c1-12-3-4-15(18-11-22-20(26-18)14-5-6-14)10-19(12)27(24,25)23-17-8-7-16(21)9-13(17)2/h3-4,7-11,14,23H,5-6H2,1-2H3. The number of hydrogen-bond donors (Lipinski definition) is 1. The zero-order valence-corrected chi connectivity index (χ0v) is 16.6. The van der Waals surface area contributed by atoms with E-state index in [2.05, 4.69) is 9.71 Å². The molecule has 5 nitrogen and oxygen atoms in total. The Morgan fingerprint density at radius 3 is 2.59 bits per heavy atom. The summed E-state index contributed by atoms with van der Waals surface area (Å²) >= 11 is 5.95. The third-order valence-corrected chi connectivity index (χ3v) is 6.39. The van der Waals surface area contributed by atoms with Gasteiger partial charge in [-0.25, -0.2) is 13.4 Å². The number of aromatic nitrogens is 1. The zero-order chi connectivity index (χ0) is 19.2. The van der Waals surface area contributed by atoms with Crippen LogP contribution >= 0.6 is 11.6 Å². The van der Waals surface area contributed by atoms with Crippen LogP contribution in [0.1, 0.15) is 35.8 Å². The summed E-state index contributed by atoms with van der Waals surface area (Å²) in [6.07, 6.45) is 3.85. The minimum absolute atomic E-state index is 0.207. The zero-order valence-electron chi connectivity index (χ0n) is 15.0. The smallest absolute Gasteiger partial charge is 0.262 e. The van der Waals surface area contributed by atoms with Crippen LogP contribution in [0.5, 0.6) is 0 Å². The van der Waals surface area contributed by atoms with Gasteiger partial charge in [-0.3, -0.25) is 4.72 Å². The fourth-order valence-corrected chi connectivity index (χ4v) is 4.55. The molecule has 1 aliphatic carbocycles. The van der Waals surface area contributed by atoms with Crippen LogP contribution in [0.15, 0.2) is 51.9 Å². The first-order valence-electron chi connectivity index (χ1n) is 8.69. The van der Waals surface area contributed by atoms with Crippen molar-refractivity contribution in [2.24, 2.45) is 0 Å². The van der Waals surface area contributed by atoms with Crippen molar-refractivity contribution in [1.29, 1.82) is 0 Å². The van der Waals surface area contributed by atoms with E-state index in [1.807, 2.05) is 6.07 Å². The number of sulfonamides is 1. The molecule has 0 saturated heterocycles. The lowest BCUT2D eigenvalue weighted by molar-refractivity contribution is 0.509. The lowest BCUT2D eigenvalue weighted by Gasteiger charge is -2.13. The topological polar surface area (TPSA) is 72.2 Å². The summed E-state index contributed by atoms with van der Waals surface area (Å²) in [5.41, 5.74) is 2.59. The van der Waals surface area contributed by atoms with Crippen molar-refractivity contribution in [2.75, 3.05) is 4.72 Å². The first-order chi connectivity index (χ1) is 12.8. The van der Waals surface area contributed by atoms with Crippen molar-refractivity contribution in [3.8, 4) is 11.3 Å². The molecule has 1 aliphatic rings. The van der Waals surface area contributed by atoms with Gasteiger partial charge in [0.1, 0.15) is 0 Å². The van der Waals surface area contributed by atoms with E-state index in [0.29, 0.717) is 33.5 Å². The Bertz CT molecular complexity index is 1120. The van der Waals surface area contributed by atoms with E-state index in [4.69, 9.17) is 16.0 Å². The van der Waals surface area contributed by atoms with E-state index in [0.717, 1.165) is 24.3 Å². The van der Waals surface area contributed by atoms with E-state index < -0.39 is 10.0 Å². The van der Waals surface area contributed by atoms with Crippen molar-refractivity contribution in [1.82, 2.24) is 4.98 Å². The minimum atomic E-state index is -3.76. The second-order valence-electron chi connectivity index (χ2n) is 6.88. The van der Waals surface area contributed by atoms with Crippen molar-refractivity contribution >= 4 is 27.3 Å². The molecule has 4 rings (SSSR count). The number of hydrogen-bond acceptors (Lipinski definition) is 4. The molecule has 1 N–H and O–H groups in total. The summed E-state index contributed by atoms with van der Waals surface area (Å²) in [5.74, 6) is 1.71. The van der Waals surface area contributed by atoms with Gasteiger partial charge in [-0.2, -0.15) is 0 Å². The third kappa shape index (κ3) is 3.73. The van der Waals surface area contributed by atoms with E-state index in [-0.39, 0.29) is 4.90 Å². The molecule has 0 unspecified atom stereocenters. The van der Waals surface area contributed by atoms with Gasteiger partial charge in [0, 0.05) is 16.5 Å². The maximum absolute atomic E-state index is 13.0. The molecule has 3 aromatic rings. The van der Waals surface area contributed by atoms with Crippen LogP contribution in [0, 0.1) is 13.8 Å². The van der Waals surface area contributed by atoms with E-state index in [9.17, 15) is 8.42 Å². The molecule has 140 valence electrons. The minimum Gasteiger partial charge on any atom is -0.440 e. The summed E-state index contributed by atoms with van der Waals surface area (Å²) < 4.78 is 34.4. The first kappa shape index (κ1) is 18.1. The Balaban J connectivity index is 1.68. The number of benzene rings is 2. The Labute approximate surface area is 163 Å². The molecule has 1 fully saturated rings. The maximum atomic E-state index is 13.0. The van der Waals surface area contributed by atoms with Gasteiger partial charge >= 0.3 is 0 Å². The third-order valence-electron chi connectivity index (χ3n) is 4.65.